The fraction of sp³-hybridized carbons (Fsp3) is 1.00. The van der Waals surface area contributed by atoms with Gasteiger partial charge in [0.25, 0.3) is 0 Å². The maximum absolute atomic E-state index is 12.0. The molecule has 0 aromatic heterocycles. The quantitative estimate of drug-likeness (QED) is 0.699. The normalized spacial score (nSPS) is 14.9. The molecule has 0 bridgehead atoms. The first-order valence-corrected chi connectivity index (χ1v) is 7.99. The molecular formula is C12H28N2O2S. The Kier molecular flexibility index (Phi) is 7.28. The van der Waals surface area contributed by atoms with Gasteiger partial charge in [0.2, 0.25) is 10.0 Å². The molecule has 0 spiro atoms. The molecule has 0 aliphatic rings. The minimum absolute atomic E-state index is 0.180. The Bertz CT molecular complexity index is 288. The molecule has 3 N–H and O–H groups in total. The molecule has 1 atom stereocenters. The van der Waals surface area contributed by atoms with E-state index in [4.69, 9.17) is 5.73 Å². The molecule has 5 heteroatoms. The van der Waals surface area contributed by atoms with Gasteiger partial charge in [-0.2, -0.15) is 0 Å². The Morgan fingerprint density at radius 3 is 1.88 bits per heavy atom. The summed E-state index contributed by atoms with van der Waals surface area (Å²) >= 11 is 0. The molecule has 0 saturated heterocycles. The number of hydrogen-bond acceptors (Lipinski definition) is 3. The summed E-state index contributed by atoms with van der Waals surface area (Å²) in [5.74, 6) is 1.30. The topological polar surface area (TPSA) is 72.2 Å². The summed E-state index contributed by atoms with van der Waals surface area (Å²) in [7, 11) is -3.26. The maximum atomic E-state index is 12.0. The van der Waals surface area contributed by atoms with Gasteiger partial charge in [-0.25, -0.2) is 13.1 Å². The van der Waals surface area contributed by atoms with Crippen molar-refractivity contribution in [3.05, 3.63) is 0 Å². The molecule has 0 fully saturated rings. The number of nitrogens with two attached hydrogens (primary N) is 1. The van der Waals surface area contributed by atoms with Gasteiger partial charge in [0.05, 0.1) is 5.25 Å². The van der Waals surface area contributed by atoms with Crippen LogP contribution in [0.5, 0.6) is 0 Å². The van der Waals surface area contributed by atoms with Gasteiger partial charge in [-0.05, 0) is 24.2 Å². The van der Waals surface area contributed by atoms with Gasteiger partial charge >= 0.3 is 0 Å². The minimum Gasteiger partial charge on any atom is -0.329 e. The van der Waals surface area contributed by atoms with Crippen molar-refractivity contribution < 1.29 is 8.42 Å². The van der Waals surface area contributed by atoms with E-state index in [-0.39, 0.29) is 6.54 Å². The van der Waals surface area contributed by atoms with Crippen molar-refractivity contribution in [1.82, 2.24) is 4.72 Å². The lowest BCUT2D eigenvalue weighted by Gasteiger charge is -2.26. The fourth-order valence-electron chi connectivity index (χ4n) is 2.08. The van der Waals surface area contributed by atoms with E-state index in [0.29, 0.717) is 30.7 Å². The van der Waals surface area contributed by atoms with Gasteiger partial charge in [-0.3, -0.25) is 0 Å². The first-order valence-electron chi connectivity index (χ1n) is 6.44. The predicted molar refractivity (Wildman–Crippen MR) is 73.2 cm³/mol. The Hall–Kier alpha value is -0.130. The van der Waals surface area contributed by atoms with Crippen molar-refractivity contribution in [2.75, 3.05) is 13.1 Å². The second kappa shape index (κ2) is 7.34. The molecule has 1 unspecified atom stereocenters. The van der Waals surface area contributed by atoms with Crippen LogP contribution in [0.1, 0.15) is 41.0 Å². The van der Waals surface area contributed by atoms with E-state index in [2.05, 4.69) is 32.4 Å². The smallest absolute Gasteiger partial charge is 0.215 e. The fourth-order valence-corrected chi connectivity index (χ4v) is 3.44. The molecule has 104 valence electrons. The second-order valence-electron chi connectivity index (χ2n) is 5.31. The maximum Gasteiger partial charge on any atom is 0.215 e. The average Bonchev–Trinajstić information content (AvgIpc) is 2.17. The highest BCUT2D eigenvalue weighted by atomic mass is 32.2. The molecule has 0 heterocycles. The Labute approximate surface area is 106 Å². The van der Waals surface area contributed by atoms with Crippen LogP contribution < -0.4 is 10.5 Å². The highest BCUT2D eigenvalue weighted by Gasteiger charge is 2.25. The first-order chi connectivity index (χ1) is 7.76. The van der Waals surface area contributed by atoms with Gasteiger partial charge in [-0.15, -0.1) is 0 Å². The van der Waals surface area contributed by atoms with Gasteiger partial charge in [0, 0.05) is 13.1 Å². The average molecular weight is 264 g/mol. The first kappa shape index (κ1) is 16.9. The lowest BCUT2D eigenvalue weighted by atomic mass is 9.86. The molecule has 0 radical (unpaired) electrons. The van der Waals surface area contributed by atoms with Crippen LogP contribution in [0.3, 0.4) is 0 Å². The number of hydrogen-bond donors (Lipinski definition) is 2. The van der Waals surface area contributed by atoms with Crippen molar-refractivity contribution in [3.8, 4) is 0 Å². The third-order valence-corrected chi connectivity index (χ3v) is 5.36. The minimum atomic E-state index is -3.26. The van der Waals surface area contributed by atoms with Crippen molar-refractivity contribution in [1.29, 1.82) is 0 Å². The molecule has 0 aromatic carbocycles. The van der Waals surface area contributed by atoms with Crippen LogP contribution in [0, 0.1) is 17.8 Å². The third-order valence-electron chi connectivity index (χ3n) is 3.39. The zero-order valence-corrected chi connectivity index (χ0v) is 12.5. The lowest BCUT2D eigenvalue weighted by molar-refractivity contribution is 0.288. The Balaban J connectivity index is 4.53. The van der Waals surface area contributed by atoms with Crippen LogP contribution in [0.4, 0.5) is 0 Å². The van der Waals surface area contributed by atoms with E-state index in [1.807, 2.05) is 6.92 Å². The number of rotatable bonds is 8. The van der Waals surface area contributed by atoms with E-state index in [0.717, 1.165) is 0 Å². The van der Waals surface area contributed by atoms with Crippen molar-refractivity contribution in [2.24, 2.45) is 23.5 Å². The molecule has 17 heavy (non-hydrogen) atoms. The molecule has 4 nitrogen and oxygen atoms in total. The van der Waals surface area contributed by atoms with Crippen molar-refractivity contribution in [2.45, 2.75) is 46.3 Å². The predicted octanol–water partition coefficient (Wildman–Crippen LogP) is 1.57. The summed E-state index contributed by atoms with van der Waals surface area (Å²) in [5.41, 5.74) is 5.48. The number of nitrogens with one attached hydrogen (secondary N) is 1. The molecule has 0 aromatic rings. The summed E-state index contributed by atoms with van der Waals surface area (Å²) in [5, 5.41) is -0.470. The van der Waals surface area contributed by atoms with E-state index in [9.17, 15) is 8.42 Å². The SMILES string of the molecule is CCC(CN)S(=O)(=O)NCC(C(C)C)C(C)C. The van der Waals surface area contributed by atoms with Crippen molar-refractivity contribution >= 4 is 10.0 Å². The molecule has 0 amide bonds. The molecule has 0 rings (SSSR count). The van der Waals surface area contributed by atoms with E-state index in [1.54, 1.807) is 0 Å². The standard InChI is InChI=1S/C12H28N2O2S/c1-6-11(7-13)17(15,16)14-8-12(9(2)3)10(4)5/h9-12,14H,6-8,13H2,1-5H3. The van der Waals surface area contributed by atoms with Crippen LogP contribution in [-0.2, 0) is 10.0 Å². The highest BCUT2D eigenvalue weighted by Crippen LogP contribution is 2.20. The highest BCUT2D eigenvalue weighted by molar-refractivity contribution is 7.90. The summed E-state index contributed by atoms with van der Waals surface area (Å²) in [4.78, 5) is 0. The van der Waals surface area contributed by atoms with Crippen LogP contribution in [0.2, 0.25) is 0 Å². The third kappa shape index (κ3) is 5.36. The largest absolute Gasteiger partial charge is 0.329 e. The van der Waals surface area contributed by atoms with Crippen LogP contribution in [0.25, 0.3) is 0 Å². The van der Waals surface area contributed by atoms with Gasteiger partial charge < -0.3 is 5.73 Å². The summed E-state index contributed by atoms with van der Waals surface area (Å²) < 4.78 is 26.6. The lowest BCUT2D eigenvalue weighted by Crippen LogP contribution is -2.42. The second-order valence-corrected chi connectivity index (χ2v) is 7.36. The summed E-state index contributed by atoms with van der Waals surface area (Å²) in [6.45, 7) is 11.0. The Morgan fingerprint density at radius 1 is 1.12 bits per heavy atom. The zero-order chi connectivity index (χ0) is 13.6. The Morgan fingerprint density at radius 2 is 1.59 bits per heavy atom. The molecule has 0 aliphatic carbocycles. The van der Waals surface area contributed by atoms with Gasteiger partial charge in [0.15, 0.2) is 0 Å². The van der Waals surface area contributed by atoms with Crippen molar-refractivity contribution in [3.63, 3.8) is 0 Å². The van der Waals surface area contributed by atoms with Crippen LogP contribution in [0.15, 0.2) is 0 Å². The van der Waals surface area contributed by atoms with Crippen LogP contribution >= 0.6 is 0 Å². The summed E-state index contributed by atoms with van der Waals surface area (Å²) in [6.07, 6.45) is 0.555. The molecule has 0 saturated carbocycles. The summed E-state index contributed by atoms with van der Waals surface area (Å²) in [6, 6.07) is 0. The van der Waals surface area contributed by atoms with Gasteiger partial charge in [0.1, 0.15) is 0 Å². The van der Waals surface area contributed by atoms with E-state index < -0.39 is 15.3 Å². The monoisotopic (exact) mass is 264 g/mol. The number of sulfonamides is 1. The molecular weight excluding hydrogens is 236 g/mol. The van der Waals surface area contributed by atoms with E-state index >= 15 is 0 Å². The molecule has 0 aliphatic heterocycles. The van der Waals surface area contributed by atoms with Gasteiger partial charge in [-0.1, -0.05) is 34.6 Å². The zero-order valence-electron chi connectivity index (χ0n) is 11.7. The van der Waals surface area contributed by atoms with Crippen LogP contribution in [-0.4, -0.2) is 26.8 Å². The van der Waals surface area contributed by atoms with E-state index in [1.165, 1.54) is 0 Å².